The zero-order valence-corrected chi connectivity index (χ0v) is 21.5. The van der Waals surface area contributed by atoms with Crippen molar-refractivity contribution < 1.29 is 9.47 Å². The van der Waals surface area contributed by atoms with Crippen molar-refractivity contribution in [2.45, 2.75) is 26.0 Å². The number of rotatable bonds is 12. The highest BCUT2D eigenvalue weighted by Crippen LogP contribution is 2.18. The molecule has 0 saturated heterocycles. The predicted molar refractivity (Wildman–Crippen MR) is 140 cm³/mol. The van der Waals surface area contributed by atoms with Crippen LogP contribution in [0.5, 0.6) is 5.75 Å². The summed E-state index contributed by atoms with van der Waals surface area (Å²) < 4.78 is 11.8. The molecule has 2 aromatic rings. The molecule has 6 nitrogen and oxygen atoms in total. The third-order valence-electron chi connectivity index (χ3n) is 4.69. The fourth-order valence-corrected chi connectivity index (χ4v) is 2.89. The highest BCUT2D eigenvalue weighted by atomic mass is 127. The Morgan fingerprint density at radius 3 is 2.42 bits per heavy atom. The largest absolute Gasteiger partial charge is 0.492 e. The molecule has 0 aliphatic carbocycles. The number of halogens is 1. The van der Waals surface area contributed by atoms with Crippen molar-refractivity contribution in [1.82, 2.24) is 15.5 Å². The van der Waals surface area contributed by atoms with Crippen LogP contribution in [0, 0.1) is 0 Å². The summed E-state index contributed by atoms with van der Waals surface area (Å²) >= 11 is 0. The van der Waals surface area contributed by atoms with Crippen molar-refractivity contribution in [2.75, 3.05) is 47.4 Å². The van der Waals surface area contributed by atoms with E-state index in [0.717, 1.165) is 36.8 Å². The molecule has 7 heteroatoms. The zero-order chi connectivity index (χ0) is 21.6. The molecule has 0 amide bonds. The van der Waals surface area contributed by atoms with Gasteiger partial charge in [-0.1, -0.05) is 48.5 Å². The maximum atomic E-state index is 5.93. The summed E-state index contributed by atoms with van der Waals surface area (Å²) in [6.07, 6.45) is 1.01. The second-order valence-corrected chi connectivity index (χ2v) is 7.39. The molecule has 2 N–H and O–H groups in total. The lowest BCUT2D eigenvalue weighted by Crippen LogP contribution is -2.37. The molecule has 0 aliphatic heterocycles. The molecule has 0 fully saturated rings. The summed E-state index contributed by atoms with van der Waals surface area (Å²) in [6, 6.07) is 18.4. The van der Waals surface area contributed by atoms with Crippen molar-refractivity contribution in [1.29, 1.82) is 0 Å². The maximum Gasteiger partial charge on any atom is 0.191 e. The zero-order valence-electron chi connectivity index (χ0n) is 19.1. The van der Waals surface area contributed by atoms with E-state index in [1.807, 2.05) is 50.5 Å². The Kier molecular flexibility index (Phi) is 13.9. The van der Waals surface area contributed by atoms with Gasteiger partial charge in [0.1, 0.15) is 12.4 Å². The Morgan fingerprint density at radius 2 is 1.71 bits per heavy atom. The van der Waals surface area contributed by atoms with Crippen molar-refractivity contribution >= 4 is 29.9 Å². The minimum atomic E-state index is 0. The van der Waals surface area contributed by atoms with E-state index in [2.05, 4.69) is 45.6 Å². The Labute approximate surface area is 204 Å². The number of hydrogen-bond acceptors (Lipinski definition) is 4. The van der Waals surface area contributed by atoms with Crippen LogP contribution in [0.15, 0.2) is 59.6 Å². The number of nitrogens with zero attached hydrogens (tertiary/aromatic N) is 2. The Morgan fingerprint density at radius 1 is 1.00 bits per heavy atom. The van der Waals surface area contributed by atoms with Crippen molar-refractivity contribution in [3.05, 3.63) is 65.7 Å². The normalized spacial score (nSPS) is 12.2. The summed E-state index contributed by atoms with van der Waals surface area (Å²) in [5.74, 6) is 1.68. The summed E-state index contributed by atoms with van der Waals surface area (Å²) in [6.45, 7) is 5.78. The highest BCUT2D eigenvalue weighted by molar-refractivity contribution is 14.0. The van der Waals surface area contributed by atoms with E-state index in [1.54, 1.807) is 7.05 Å². The van der Waals surface area contributed by atoms with Crippen LogP contribution < -0.4 is 15.4 Å². The summed E-state index contributed by atoms with van der Waals surface area (Å²) in [5, 5.41) is 6.70. The number of aliphatic imine (C=N–C) groups is 1. The fraction of sp³-hybridized carbons (Fsp3) is 0.458. The first-order chi connectivity index (χ1) is 14.6. The molecule has 172 valence electrons. The van der Waals surface area contributed by atoms with Gasteiger partial charge >= 0.3 is 0 Å². The molecule has 0 saturated carbocycles. The topological polar surface area (TPSA) is 58.1 Å². The molecule has 1 unspecified atom stereocenters. The quantitative estimate of drug-likeness (QED) is 0.184. The number of ether oxygens (including phenoxy) is 2. The second-order valence-electron chi connectivity index (χ2n) is 7.39. The number of nitrogens with one attached hydrogen (secondary N) is 2. The van der Waals surface area contributed by atoms with Crippen molar-refractivity contribution in [3.8, 4) is 5.75 Å². The van der Waals surface area contributed by atoms with E-state index in [4.69, 9.17) is 9.47 Å². The average molecular weight is 540 g/mol. The SMILES string of the molecule is CN=C(NCCCOC(C)c1ccccc1)NCc1ccccc1OCCN(C)C.I. The molecule has 31 heavy (non-hydrogen) atoms. The fourth-order valence-electron chi connectivity index (χ4n) is 2.89. The van der Waals surface area contributed by atoms with E-state index in [-0.39, 0.29) is 30.1 Å². The van der Waals surface area contributed by atoms with Crippen LogP contribution in [0.1, 0.15) is 30.6 Å². The van der Waals surface area contributed by atoms with E-state index >= 15 is 0 Å². The summed E-state index contributed by atoms with van der Waals surface area (Å²) in [5.41, 5.74) is 2.31. The summed E-state index contributed by atoms with van der Waals surface area (Å²) in [7, 11) is 5.86. The van der Waals surface area contributed by atoms with Gasteiger partial charge in [0.15, 0.2) is 5.96 Å². The van der Waals surface area contributed by atoms with E-state index in [1.165, 1.54) is 5.56 Å². The number of hydrogen-bond donors (Lipinski definition) is 2. The lowest BCUT2D eigenvalue weighted by molar-refractivity contribution is 0.0646. The van der Waals surface area contributed by atoms with Crippen molar-refractivity contribution in [2.24, 2.45) is 4.99 Å². The minimum absolute atomic E-state index is 0. The van der Waals surface area contributed by atoms with E-state index in [9.17, 15) is 0 Å². The molecule has 0 aromatic heterocycles. The first-order valence-corrected chi connectivity index (χ1v) is 10.6. The number of para-hydroxylation sites is 1. The second kappa shape index (κ2) is 15.9. The van der Waals surface area contributed by atoms with Gasteiger partial charge < -0.3 is 25.0 Å². The van der Waals surface area contributed by atoms with Gasteiger partial charge in [-0.15, -0.1) is 24.0 Å². The predicted octanol–water partition coefficient (Wildman–Crippen LogP) is 4.08. The lowest BCUT2D eigenvalue weighted by Gasteiger charge is -2.16. The van der Waals surface area contributed by atoms with Crippen LogP contribution in [0.25, 0.3) is 0 Å². The monoisotopic (exact) mass is 540 g/mol. The van der Waals surface area contributed by atoms with Gasteiger partial charge in [0.25, 0.3) is 0 Å². The summed E-state index contributed by atoms with van der Waals surface area (Å²) in [4.78, 5) is 6.41. The van der Waals surface area contributed by atoms with Crippen LogP contribution in [0.4, 0.5) is 0 Å². The lowest BCUT2D eigenvalue weighted by atomic mass is 10.1. The Hall–Kier alpha value is -1.84. The first kappa shape index (κ1) is 27.2. The van der Waals surface area contributed by atoms with Gasteiger partial charge in [0.2, 0.25) is 0 Å². The molecule has 0 spiro atoms. The van der Waals surface area contributed by atoms with Gasteiger partial charge in [0.05, 0.1) is 6.10 Å². The third-order valence-corrected chi connectivity index (χ3v) is 4.69. The van der Waals surface area contributed by atoms with Crippen LogP contribution in [0.3, 0.4) is 0 Å². The van der Waals surface area contributed by atoms with Gasteiger partial charge in [-0.3, -0.25) is 4.99 Å². The van der Waals surface area contributed by atoms with Gasteiger partial charge in [-0.2, -0.15) is 0 Å². The number of likely N-dealkylation sites (N-methyl/N-ethyl adjacent to an activating group) is 1. The first-order valence-electron chi connectivity index (χ1n) is 10.6. The smallest absolute Gasteiger partial charge is 0.191 e. The highest BCUT2D eigenvalue weighted by Gasteiger charge is 2.06. The van der Waals surface area contributed by atoms with Gasteiger partial charge in [-0.05, 0) is 39.1 Å². The molecule has 0 bridgehead atoms. The average Bonchev–Trinajstić information content (AvgIpc) is 2.76. The van der Waals surface area contributed by atoms with E-state index < -0.39 is 0 Å². The molecule has 0 radical (unpaired) electrons. The number of guanidine groups is 1. The third kappa shape index (κ3) is 10.8. The molecule has 2 aromatic carbocycles. The minimum Gasteiger partial charge on any atom is -0.492 e. The van der Waals surface area contributed by atoms with Crippen LogP contribution >= 0.6 is 24.0 Å². The van der Waals surface area contributed by atoms with Crippen LogP contribution in [-0.4, -0.2) is 58.3 Å². The van der Waals surface area contributed by atoms with Crippen LogP contribution in [0.2, 0.25) is 0 Å². The van der Waals surface area contributed by atoms with Gasteiger partial charge in [0, 0.05) is 38.9 Å². The van der Waals surface area contributed by atoms with Crippen molar-refractivity contribution in [3.63, 3.8) is 0 Å². The Balaban J connectivity index is 0.00000480. The molecular formula is C24H37IN4O2. The Bertz CT molecular complexity index is 756. The van der Waals surface area contributed by atoms with E-state index in [0.29, 0.717) is 19.8 Å². The molecule has 0 aliphatic rings. The molecule has 1 atom stereocenters. The molecule has 2 rings (SSSR count). The maximum absolute atomic E-state index is 5.93. The molecule has 0 heterocycles. The standard InChI is InChI=1S/C24H36N4O2.HI/c1-20(21-11-6-5-7-12-21)29-17-10-15-26-24(25-2)27-19-22-13-8-9-14-23(22)30-18-16-28(3)4;/h5-9,11-14,20H,10,15-19H2,1-4H3,(H2,25,26,27);1H. The molecular weight excluding hydrogens is 503 g/mol. The van der Waals surface area contributed by atoms with Gasteiger partial charge in [-0.25, -0.2) is 0 Å². The number of benzene rings is 2. The van der Waals surface area contributed by atoms with Crippen LogP contribution in [-0.2, 0) is 11.3 Å².